The Balaban J connectivity index is 1.88. The SMILES string of the molecule is COc1ccc(CCNC(=O)C(=O)Nc2cc(C)ccc2N)cc1OC. The first-order chi connectivity index (χ1) is 12.4. The van der Waals surface area contributed by atoms with Gasteiger partial charge in [0.05, 0.1) is 25.6 Å². The molecule has 0 fully saturated rings. The smallest absolute Gasteiger partial charge is 0.313 e. The van der Waals surface area contributed by atoms with Crippen LogP contribution in [0.1, 0.15) is 11.1 Å². The third kappa shape index (κ3) is 4.89. The van der Waals surface area contributed by atoms with E-state index in [2.05, 4.69) is 10.6 Å². The van der Waals surface area contributed by atoms with Crippen molar-refractivity contribution in [2.75, 3.05) is 31.8 Å². The standard InChI is InChI=1S/C19H23N3O4/c1-12-4-6-14(20)15(10-12)22-19(24)18(23)21-9-8-13-5-7-16(25-2)17(11-13)26-3/h4-7,10-11H,8-9,20H2,1-3H3,(H,21,23)(H,22,24). The van der Waals surface area contributed by atoms with Crippen LogP contribution >= 0.6 is 0 Å². The molecule has 0 atom stereocenters. The topological polar surface area (TPSA) is 103 Å². The number of carbonyl (C=O) groups excluding carboxylic acids is 2. The second-order valence-electron chi connectivity index (χ2n) is 5.74. The Morgan fingerprint density at radius 2 is 1.73 bits per heavy atom. The minimum atomic E-state index is -0.755. The summed E-state index contributed by atoms with van der Waals surface area (Å²) in [5.74, 6) is -0.222. The zero-order valence-corrected chi connectivity index (χ0v) is 15.1. The van der Waals surface area contributed by atoms with Gasteiger partial charge in [-0.3, -0.25) is 9.59 Å². The van der Waals surface area contributed by atoms with Crippen LogP contribution < -0.4 is 25.8 Å². The maximum absolute atomic E-state index is 12.0. The minimum Gasteiger partial charge on any atom is -0.493 e. The fraction of sp³-hybridized carbons (Fsp3) is 0.263. The fourth-order valence-electron chi connectivity index (χ4n) is 2.39. The van der Waals surface area contributed by atoms with E-state index in [0.29, 0.717) is 35.8 Å². The molecule has 0 radical (unpaired) electrons. The quantitative estimate of drug-likeness (QED) is 0.541. The van der Waals surface area contributed by atoms with Crippen molar-refractivity contribution in [1.82, 2.24) is 5.32 Å². The zero-order valence-electron chi connectivity index (χ0n) is 15.1. The molecule has 2 aromatic carbocycles. The van der Waals surface area contributed by atoms with Gasteiger partial charge in [-0.25, -0.2) is 0 Å². The number of methoxy groups -OCH3 is 2. The summed E-state index contributed by atoms with van der Waals surface area (Å²) in [5.41, 5.74) is 8.51. The lowest BCUT2D eigenvalue weighted by Crippen LogP contribution is -2.36. The number of carbonyl (C=O) groups is 2. The largest absolute Gasteiger partial charge is 0.493 e. The van der Waals surface area contributed by atoms with Crippen LogP contribution in [-0.4, -0.2) is 32.6 Å². The number of amides is 2. The van der Waals surface area contributed by atoms with Gasteiger partial charge in [-0.1, -0.05) is 12.1 Å². The summed E-state index contributed by atoms with van der Waals surface area (Å²) in [6.07, 6.45) is 0.548. The van der Waals surface area contributed by atoms with Crippen molar-refractivity contribution in [2.24, 2.45) is 0 Å². The highest BCUT2D eigenvalue weighted by molar-refractivity contribution is 6.39. The van der Waals surface area contributed by atoms with Crippen molar-refractivity contribution in [3.05, 3.63) is 47.5 Å². The van der Waals surface area contributed by atoms with Crippen molar-refractivity contribution in [1.29, 1.82) is 0 Å². The molecular formula is C19H23N3O4. The Morgan fingerprint density at radius 3 is 2.42 bits per heavy atom. The molecule has 2 amide bonds. The molecule has 0 saturated carbocycles. The zero-order chi connectivity index (χ0) is 19.1. The van der Waals surface area contributed by atoms with E-state index in [4.69, 9.17) is 15.2 Å². The second kappa shape index (κ2) is 8.75. The molecule has 0 heterocycles. The Bertz CT molecular complexity index is 805. The molecule has 0 aliphatic heterocycles. The molecular weight excluding hydrogens is 334 g/mol. The van der Waals surface area contributed by atoms with E-state index in [1.807, 2.05) is 25.1 Å². The van der Waals surface area contributed by atoms with Crippen LogP contribution in [0.5, 0.6) is 11.5 Å². The van der Waals surface area contributed by atoms with Crippen LogP contribution in [0.15, 0.2) is 36.4 Å². The van der Waals surface area contributed by atoms with E-state index >= 15 is 0 Å². The number of nitrogens with two attached hydrogens (primary N) is 1. The van der Waals surface area contributed by atoms with Gasteiger partial charge in [0.2, 0.25) is 0 Å². The summed E-state index contributed by atoms with van der Waals surface area (Å²) >= 11 is 0. The van der Waals surface area contributed by atoms with Gasteiger partial charge < -0.3 is 25.8 Å². The first-order valence-corrected chi connectivity index (χ1v) is 8.10. The Kier molecular flexibility index (Phi) is 6.43. The van der Waals surface area contributed by atoms with Gasteiger partial charge in [-0.2, -0.15) is 0 Å². The molecule has 2 rings (SSSR count). The predicted octanol–water partition coefficient (Wildman–Crippen LogP) is 1.89. The van der Waals surface area contributed by atoms with Gasteiger partial charge in [-0.15, -0.1) is 0 Å². The van der Waals surface area contributed by atoms with E-state index in [1.165, 1.54) is 0 Å². The summed E-state index contributed by atoms with van der Waals surface area (Å²) in [6, 6.07) is 10.7. The Morgan fingerprint density at radius 1 is 1.00 bits per heavy atom. The van der Waals surface area contributed by atoms with Crippen molar-refractivity contribution >= 4 is 23.2 Å². The third-order valence-electron chi connectivity index (χ3n) is 3.81. The van der Waals surface area contributed by atoms with E-state index in [-0.39, 0.29) is 0 Å². The monoisotopic (exact) mass is 357 g/mol. The molecule has 0 spiro atoms. The van der Waals surface area contributed by atoms with E-state index < -0.39 is 11.8 Å². The summed E-state index contributed by atoms with van der Waals surface area (Å²) in [5, 5.41) is 5.11. The van der Waals surface area contributed by atoms with Gasteiger partial charge in [-0.05, 0) is 48.7 Å². The van der Waals surface area contributed by atoms with Crippen LogP contribution in [0.4, 0.5) is 11.4 Å². The average molecular weight is 357 g/mol. The minimum absolute atomic E-state index is 0.311. The number of nitrogens with one attached hydrogen (secondary N) is 2. The van der Waals surface area contributed by atoms with Crippen molar-refractivity contribution < 1.29 is 19.1 Å². The van der Waals surface area contributed by atoms with Gasteiger partial charge >= 0.3 is 11.8 Å². The number of ether oxygens (including phenoxy) is 2. The highest BCUT2D eigenvalue weighted by atomic mass is 16.5. The molecule has 0 aromatic heterocycles. The lowest BCUT2D eigenvalue weighted by Gasteiger charge is -2.11. The first kappa shape index (κ1) is 19.1. The molecule has 7 heteroatoms. The number of hydrogen-bond acceptors (Lipinski definition) is 5. The van der Waals surface area contributed by atoms with Crippen molar-refractivity contribution in [3.8, 4) is 11.5 Å². The molecule has 0 unspecified atom stereocenters. The van der Waals surface area contributed by atoms with Crippen molar-refractivity contribution in [3.63, 3.8) is 0 Å². The molecule has 0 saturated heterocycles. The maximum atomic E-state index is 12.0. The highest BCUT2D eigenvalue weighted by Gasteiger charge is 2.14. The van der Waals surface area contributed by atoms with Crippen LogP contribution in [0.25, 0.3) is 0 Å². The third-order valence-corrected chi connectivity index (χ3v) is 3.81. The molecule has 138 valence electrons. The number of hydrogen-bond donors (Lipinski definition) is 3. The molecule has 0 aliphatic rings. The van der Waals surface area contributed by atoms with E-state index in [9.17, 15) is 9.59 Å². The molecule has 26 heavy (non-hydrogen) atoms. The number of nitrogen functional groups attached to an aromatic ring is 1. The summed E-state index contributed by atoms with van der Waals surface area (Å²) in [4.78, 5) is 23.9. The lowest BCUT2D eigenvalue weighted by molar-refractivity contribution is -0.136. The van der Waals surface area contributed by atoms with Crippen LogP contribution in [0.2, 0.25) is 0 Å². The van der Waals surface area contributed by atoms with Gasteiger partial charge in [0.1, 0.15) is 0 Å². The van der Waals surface area contributed by atoms with Crippen molar-refractivity contribution in [2.45, 2.75) is 13.3 Å². The molecule has 0 aliphatic carbocycles. The van der Waals surface area contributed by atoms with Crippen LogP contribution in [0, 0.1) is 6.92 Å². The maximum Gasteiger partial charge on any atom is 0.313 e. The van der Waals surface area contributed by atoms with E-state index in [0.717, 1.165) is 11.1 Å². The summed E-state index contributed by atoms with van der Waals surface area (Å²) < 4.78 is 10.4. The summed E-state index contributed by atoms with van der Waals surface area (Å²) in [6.45, 7) is 2.18. The van der Waals surface area contributed by atoms with Crippen LogP contribution in [0.3, 0.4) is 0 Å². The normalized spacial score (nSPS) is 10.1. The fourth-order valence-corrected chi connectivity index (χ4v) is 2.39. The number of benzene rings is 2. The Labute approximate surface area is 152 Å². The number of anilines is 2. The average Bonchev–Trinajstić information content (AvgIpc) is 2.64. The van der Waals surface area contributed by atoms with Gasteiger partial charge in [0.25, 0.3) is 0 Å². The molecule has 2 aromatic rings. The molecule has 4 N–H and O–H groups in total. The first-order valence-electron chi connectivity index (χ1n) is 8.10. The molecule has 0 bridgehead atoms. The van der Waals surface area contributed by atoms with Gasteiger partial charge in [0, 0.05) is 6.54 Å². The number of aryl methyl sites for hydroxylation is 1. The lowest BCUT2D eigenvalue weighted by atomic mass is 10.1. The summed E-state index contributed by atoms with van der Waals surface area (Å²) in [7, 11) is 3.13. The number of rotatable bonds is 6. The van der Waals surface area contributed by atoms with Gasteiger partial charge in [0.15, 0.2) is 11.5 Å². The predicted molar refractivity (Wildman–Crippen MR) is 100 cm³/mol. The van der Waals surface area contributed by atoms with Crippen LogP contribution in [-0.2, 0) is 16.0 Å². The van der Waals surface area contributed by atoms with E-state index in [1.54, 1.807) is 32.4 Å². The highest BCUT2D eigenvalue weighted by Crippen LogP contribution is 2.27. The molecule has 7 nitrogen and oxygen atoms in total. The Hall–Kier alpha value is -3.22. The second-order valence-corrected chi connectivity index (χ2v) is 5.74.